The van der Waals surface area contributed by atoms with Crippen molar-refractivity contribution in [2.75, 3.05) is 25.5 Å². The molecule has 3 rings (SSSR count). The average molecular weight is 509 g/mol. The molecule has 1 fully saturated rings. The molecule has 34 heavy (non-hydrogen) atoms. The van der Waals surface area contributed by atoms with E-state index < -0.39 is 6.04 Å². The monoisotopic (exact) mass is 508 g/mol. The zero-order valence-corrected chi connectivity index (χ0v) is 21.0. The topological polar surface area (TPSA) is 64.7 Å². The summed E-state index contributed by atoms with van der Waals surface area (Å²) in [5.74, 6) is 0.0226. The fourth-order valence-electron chi connectivity index (χ4n) is 4.20. The predicted molar refractivity (Wildman–Crippen MR) is 134 cm³/mol. The molecular formula is C25H31Cl2FN4O2. The lowest BCUT2D eigenvalue weighted by Crippen LogP contribution is -2.58. The lowest BCUT2D eigenvalue weighted by Gasteiger charge is -2.44. The first kappa shape index (κ1) is 26.3. The van der Waals surface area contributed by atoms with Crippen LogP contribution in [0.2, 0.25) is 5.02 Å². The molecule has 3 atom stereocenters. The number of rotatable bonds is 8. The lowest BCUT2D eigenvalue weighted by atomic mass is 10.0. The minimum Gasteiger partial charge on any atom is -0.337 e. The van der Waals surface area contributed by atoms with Crippen LogP contribution in [-0.2, 0) is 11.3 Å². The van der Waals surface area contributed by atoms with E-state index in [9.17, 15) is 14.0 Å². The van der Waals surface area contributed by atoms with Crippen LogP contribution < -0.4 is 10.6 Å². The van der Waals surface area contributed by atoms with Crippen LogP contribution in [0.1, 0.15) is 37.4 Å². The Morgan fingerprint density at radius 3 is 2.38 bits per heavy atom. The van der Waals surface area contributed by atoms with Crippen LogP contribution >= 0.6 is 23.2 Å². The third kappa shape index (κ3) is 7.32. The lowest BCUT2D eigenvalue weighted by molar-refractivity contribution is -0.137. The van der Waals surface area contributed by atoms with Crippen molar-refractivity contribution >= 4 is 35.1 Å². The number of carbonyl (C=O) groups excluding carboxylic acids is 2. The molecule has 2 aromatic carbocycles. The van der Waals surface area contributed by atoms with Crippen molar-refractivity contribution in [3.8, 4) is 0 Å². The zero-order valence-electron chi connectivity index (χ0n) is 19.4. The highest BCUT2D eigenvalue weighted by Gasteiger charge is 2.33. The summed E-state index contributed by atoms with van der Waals surface area (Å²) in [7, 11) is 0. The van der Waals surface area contributed by atoms with E-state index in [2.05, 4.69) is 22.5 Å². The fourth-order valence-corrected chi connectivity index (χ4v) is 4.42. The molecule has 1 aliphatic rings. The van der Waals surface area contributed by atoms with Gasteiger partial charge in [0.1, 0.15) is 5.82 Å². The molecule has 1 unspecified atom stereocenters. The Bertz CT molecular complexity index is 958. The Morgan fingerprint density at radius 2 is 1.74 bits per heavy atom. The summed E-state index contributed by atoms with van der Waals surface area (Å²) in [6, 6.07) is 12.9. The van der Waals surface area contributed by atoms with Crippen molar-refractivity contribution in [3.63, 3.8) is 0 Å². The van der Waals surface area contributed by atoms with Gasteiger partial charge in [0.2, 0.25) is 5.91 Å². The molecule has 0 spiro atoms. The van der Waals surface area contributed by atoms with E-state index in [1.54, 1.807) is 24.3 Å². The highest BCUT2D eigenvalue weighted by molar-refractivity contribution is 6.30. The van der Waals surface area contributed by atoms with Gasteiger partial charge in [-0.25, -0.2) is 9.18 Å². The summed E-state index contributed by atoms with van der Waals surface area (Å²) in [6.07, 6.45) is 0.130. The first-order valence-electron chi connectivity index (χ1n) is 11.4. The maximum Gasteiger partial charge on any atom is 0.315 e. The number of urea groups is 1. The van der Waals surface area contributed by atoms with Crippen molar-refractivity contribution in [3.05, 3.63) is 70.5 Å². The smallest absolute Gasteiger partial charge is 0.315 e. The minimum atomic E-state index is -0.500. The largest absolute Gasteiger partial charge is 0.337 e. The number of piperazine rings is 1. The van der Waals surface area contributed by atoms with E-state index in [0.29, 0.717) is 37.1 Å². The van der Waals surface area contributed by atoms with Crippen molar-refractivity contribution in [1.82, 2.24) is 20.4 Å². The van der Waals surface area contributed by atoms with Gasteiger partial charge in [0.05, 0.1) is 12.5 Å². The van der Waals surface area contributed by atoms with Gasteiger partial charge in [-0.1, -0.05) is 35.9 Å². The maximum atomic E-state index is 13.3. The molecule has 6 nitrogen and oxygen atoms in total. The second-order valence-corrected chi connectivity index (χ2v) is 9.51. The number of hydrogen-bond acceptors (Lipinski definition) is 3. The number of nitrogens with zero attached hydrogens (tertiary/aromatic N) is 2. The molecule has 184 valence electrons. The summed E-state index contributed by atoms with van der Waals surface area (Å²) in [5.41, 5.74) is 1.84. The van der Waals surface area contributed by atoms with E-state index >= 15 is 0 Å². The molecule has 2 N–H and O–H groups in total. The Hall–Kier alpha value is -2.35. The molecule has 0 bridgehead atoms. The third-order valence-corrected chi connectivity index (χ3v) is 6.51. The Morgan fingerprint density at radius 1 is 1.06 bits per heavy atom. The van der Waals surface area contributed by atoms with Gasteiger partial charge >= 0.3 is 6.03 Å². The Balaban J connectivity index is 1.66. The fraction of sp³-hybridized carbons (Fsp3) is 0.440. The number of nitrogens with one attached hydrogen (secondary N) is 2. The van der Waals surface area contributed by atoms with E-state index in [1.165, 1.54) is 12.1 Å². The van der Waals surface area contributed by atoms with Gasteiger partial charge in [-0.3, -0.25) is 9.69 Å². The van der Waals surface area contributed by atoms with Crippen molar-refractivity contribution in [1.29, 1.82) is 0 Å². The summed E-state index contributed by atoms with van der Waals surface area (Å²) >= 11 is 11.7. The van der Waals surface area contributed by atoms with Crippen LogP contribution in [0.25, 0.3) is 0 Å². The maximum absolute atomic E-state index is 13.3. The standard InChI is InChI=1S/C25H31Cl2FN4O2/c1-17-15-32(18(2)14-31(17)16-19-3-9-22(28)10-4-19)24(33)13-23(30-25(34)29-12-11-26)20-5-7-21(27)8-6-20/h3-10,17-18,23H,11-16H2,1-2H3,(H2,29,30,34)/t17-,18+,23?/m1/s1. The highest BCUT2D eigenvalue weighted by atomic mass is 35.5. The number of amides is 3. The van der Waals surface area contributed by atoms with Gasteiger partial charge in [-0.15, -0.1) is 11.6 Å². The molecule has 1 saturated heterocycles. The van der Waals surface area contributed by atoms with Gasteiger partial charge in [-0.05, 0) is 49.2 Å². The average Bonchev–Trinajstić information content (AvgIpc) is 2.81. The van der Waals surface area contributed by atoms with Crippen molar-refractivity contribution < 1.29 is 14.0 Å². The molecule has 3 amide bonds. The minimum absolute atomic E-state index is 0.0000844. The zero-order chi connectivity index (χ0) is 24.7. The highest BCUT2D eigenvalue weighted by Crippen LogP contribution is 2.24. The summed E-state index contributed by atoms with van der Waals surface area (Å²) < 4.78 is 13.2. The number of alkyl halides is 1. The van der Waals surface area contributed by atoms with Gasteiger partial charge in [0.25, 0.3) is 0 Å². The first-order chi connectivity index (χ1) is 16.3. The molecule has 0 saturated carbocycles. The molecule has 1 aliphatic heterocycles. The van der Waals surface area contributed by atoms with Crippen LogP contribution in [0.4, 0.5) is 9.18 Å². The van der Waals surface area contributed by atoms with Gasteiger partial charge in [0.15, 0.2) is 0 Å². The van der Waals surface area contributed by atoms with Crippen molar-refractivity contribution in [2.45, 2.75) is 44.9 Å². The van der Waals surface area contributed by atoms with Crippen LogP contribution in [0.15, 0.2) is 48.5 Å². The molecule has 0 radical (unpaired) electrons. The molecule has 0 aliphatic carbocycles. The summed E-state index contributed by atoms with van der Waals surface area (Å²) in [5, 5.41) is 6.15. The summed E-state index contributed by atoms with van der Waals surface area (Å²) in [6.45, 7) is 6.43. The molecule has 2 aromatic rings. The van der Waals surface area contributed by atoms with Crippen LogP contribution in [0.3, 0.4) is 0 Å². The third-order valence-electron chi connectivity index (χ3n) is 6.07. The molecule has 0 aromatic heterocycles. The van der Waals surface area contributed by atoms with Gasteiger partial charge in [-0.2, -0.15) is 0 Å². The molecular weight excluding hydrogens is 478 g/mol. The Labute approximate surface area is 210 Å². The van der Waals surface area contributed by atoms with Gasteiger partial charge < -0.3 is 15.5 Å². The first-order valence-corrected chi connectivity index (χ1v) is 12.3. The number of carbonyl (C=O) groups is 2. The molecule has 1 heterocycles. The second-order valence-electron chi connectivity index (χ2n) is 8.70. The SMILES string of the molecule is C[C@@H]1CN(C(=O)CC(NC(=O)NCCCl)c2ccc(Cl)cc2)[C@@H](C)CN1Cc1ccc(F)cc1. The normalized spacial score (nSPS) is 19.5. The number of benzene rings is 2. The second kappa shape index (κ2) is 12.4. The van der Waals surface area contributed by atoms with E-state index in [4.69, 9.17) is 23.2 Å². The van der Waals surface area contributed by atoms with E-state index in [1.807, 2.05) is 24.0 Å². The van der Waals surface area contributed by atoms with E-state index in [-0.39, 0.29) is 36.3 Å². The van der Waals surface area contributed by atoms with Gasteiger partial charge in [0, 0.05) is 49.2 Å². The van der Waals surface area contributed by atoms with Crippen LogP contribution in [0, 0.1) is 5.82 Å². The summed E-state index contributed by atoms with van der Waals surface area (Å²) in [4.78, 5) is 29.8. The number of halogens is 3. The number of hydrogen-bond donors (Lipinski definition) is 2. The van der Waals surface area contributed by atoms with E-state index in [0.717, 1.165) is 11.1 Å². The Kier molecular flexibility index (Phi) is 9.56. The molecule has 9 heteroatoms. The van der Waals surface area contributed by atoms with Crippen LogP contribution in [-0.4, -0.2) is 59.3 Å². The van der Waals surface area contributed by atoms with Crippen LogP contribution in [0.5, 0.6) is 0 Å². The quantitative estimate of drug-likeness (QED) is 0.513. The predicted octanol–water partition coefficient (Wildman–Crippen LogP) is 4.57. The van der Waals surface area contributed by atoms with Crippen molar-refractivity contribution in [2.24, 2.45) is 0 Å².